The highest BCUT2D eigenvalue weighted by atomic mass is 35.5. The van der Waals surface area contributed by atoms with Crippen LogP contribution in [-0.2, 0) is 16.1 Å². The van der Waals surface area contributed by atoms with Crippen molar-refractivity contribution in [1.29, 1.82) is 0 Å². The number of halogens is 2. The summed E-state index contributed by atoms with van der Waals surface area (Å²) in [6, 6.07) is 14.3. The Hall–Kier alpha value is -1.69. The number of hydrogen-bond donors (Lipinski definition) is 1. The summed E-state index contributed by atoms with van der Waals surface area (Å²) in [6.45, 7) is 4.43. The molecule has 0 bridgehead atoms. The van der Waals surface area contributed by atoms with Gasteiger partial charge in [-0.3, -0.25) is 9.59 Å². The zero-order chi connectivity index (χ0) is 20.5. The molecule has 150 valence electrons. The molecule has 1 N–H and O–H groups in total. The number of likely N-dealkylation sites (N-methyl/N-ethyl adjacent to an activating group) is 1. The molecule has 1 atom stereocenters. The van der Waals surface area contributed by atoms with Gasteiger partial charge in [0.1, 0.15) is 6.04 Å². The van der Waals surface area contributed by atoms with Crippen molar-refractivity contribution in [3.05, 3.63) is 64.1 Å². The number of rotatable bonds is 9. The molecule has 0 aliphatic carbocycles. The van der Waals surface area contributed by atoms with Gasteiger partial charge in [-0.05, 0) is 37.6 Å². The van der Waals surface area contributed by atoms with E-state index in [1.165, 1.54) is 11.8 Å². The van der Waals surface area contributed by atoms with Crippen LogP contribution in [0.25, 0.3) is 0 Å². The quantitative estimate of drug-likeness (QED) is 0.558. The summed E-state index contributed by atoms with van der Waals surface area (Å²) in [7, 11) is 0. The largest absolute Gasteiger partial charge is 0.355 e. The van der Waals surface area contributed by atoms with E-state index in [4.69, 9.17) is 23.2 Å². The smallest absolute Gasteiger partial charge is 0.242 e. The van der Waals surface area contributed by atoms with Crippen molar-refractivity contribution < 1.29 is 9.59 Å². The molecule has 7 heteroatoms. The fourth-order valence-electron chi connectivity index (χ4n) is 2.81. The zero-order valence-corrected chi connectivity index (χ0v) is 18.3. The fourth-order valence-corrected chi connectivity index (χ4v) is 4.13. The maximum atomic E-state index is 13.1. The second kappa shape index (κ2) is 11.3. The van der Waals surface area contributed by atoms with Crippen LogP contribution in [-0.4, -0.2) is 35.1 Å². The van der Waals surface area contributed by atoms with Crippen LogP contribution >= 0.6 is 35.0 Å². The summed E-state index contributed by atoms with van der Waals surface area (Å²) in [6.07, 6.45) is 0.496. The van der Waals surface area contributed by atoms with Crippen LogP contribution in [0.4, 0.5) is 0 Å². The first-order valence-corrected chi connectivity index (χ1v) is 10.9. The van der Waals surface area contributed by atoms with E-state index < -0.39 is 6.04 Å². The summed E-state index contributed by atoms with van der Waals surface area (Å²) in [5.41, 5.74) is 0.645. The van der Waals surface area contributed by atoms with Gasteiger partial charge >= 0.3 is 0 Å². The average Bonchev–Trinajstić information content (AvgIpc) is 2.69. The number of carbonyl (C=O) groups is 2. The summed E-state index contributed by atoms with van der Waals surface area (Å²) in [5, 5.41) is 3.77. The SMILES string of the molecule is CCNC(=O)C(CC)N(Cc1c(Cl)cccc1Cl)C(=O)CSc1ccccc1. The summed E-state index contributed by atoms with van der Waals surface area (Å²) in [5.74, 6) is -0.0867. The number of amides is 2. The lowest BCUT2D eigenvalue weighted by molar-refractivity contribution is -0.139. The monoisotopic (exact) mass is 438 g/mol. The first kappa shape index (κ1) is 22.6. The van der Waals surface area contributed by atoms with Crippen LogP contribution in [0, 0.1) is 0 Å². The Balaban J connectivity index is 2.26. The minimum atomic E-state index is -0.587. The van der Waals surface area contributed by atoms with Gasteiger partial charge in [-0.1, -0.05) is 54.4 Å². The van der Waals surface area contributed by atoms with E-state index in [-0.39, 0.29) is 24.1 Å². The van der Waals surface area contributed by atoms with Crippen LogP contribution < -0.4 is 5.32 Å². The Bertz CT molecular complexity index is 782. The van der Waals surface area contributed by atoms with Gasteiger partial charge < -0.3 is 10.2 Å². The van der Waals surface area contributed by atoms with E-state index in [1.54, 1.807) is 23.1 Å². The molecule has 2 aromatic rings. The molecule has 0 radical (unpaired) electrons. The maximum Gasteiger partial charge on any atom is 0.242 e. The van der Waals surface area contributed by atoms with E-state index in [0.717, 1.165) is 4.90 Å². The van der Waals surface area contributed by atoms with Gasteiger partial charge in [0, 0.05) is 33.6 Å². The van der Waals surface area contributed by atoms with Gasteiger partial charge in [-0.2, -0.15) is 0 Å². The Labute approximate surface area is 180 Å². The summed E-state index contributed by atoms with van der Waals surface area (Å²) >= 11 is 14.1. The van der Waals surface area contributed by atoms with Crippen molar-refractivity contribution in [3.8, 4) is 0 Å². The van der Waals surface area contributed by atoms with Crippen molar-refractivity contribution in [2.75, 3.05) is 12.3 Å². The van der Waals surface area contributed by atoms with Gasteiger partial charge in [-0.15, -0.1) is 11.8 Å². The first-order chi connectivity index (χ1) is 13.5. The molecule has 0 saturated heterocycles. The number of carbonyl (C=O) groups excluding carboxylic acids is 2. The third-order valence-corrected chi connectivity index (χ3v) is 5.94. The van der Waals surface area contributed by atoms with Gasteiger partial charge in [0.25, 0.3) is 0 Å². The Kier molecular flexibility index (Phi) is 9.16. The zero-order valence-electron chi connectivity index (χ0n) is 16.0. The van der Waals surface area contributed by atoms with E-state index in [9.17, 15) is 9.59 Å². The minimum Gasteiger partial charge on any atom is -0.355 e. The molecule has 0 aromatic heterocycles. The predicted molar refractivity (Wildman–Crippen MR) is 117 cm³/mol. The lowest BCUT2D eigenvalue weighted by Gasteiger charge is -2.31. The predicted octanol–water partition coefficient (Wildman–Crippen LogP) is 5.03. The van der Waals surface area contributed by atoms with Gasteiger partial charge in [0.15, 0.2) is 0 Å². The second-order valence-corrected chi connectivity index (χ2v) is 8.01. The molecule has 2 amide bonds. The molecule has 2 rings (SSSR count). The third-order valence-electron chi connectivity index (χ3n) is 4.23. The number of benzene rings is 2. The molecule has 0 heterocycles. The number of hydrogen-bond acceptors (Lipinski definition) is 3. The number of thioether (sulfide) groups is 1. The Morgan fingerprint density at radius 1 is 1.04 bits per heavy atom. The van der Waals surface area contributed by atoms with Gasteiger partial charge in [-0.25, -0.2) is 0 Å². The molecule has 0 aliphatic heterocycles. The fraction of sp³-hybridized carbons (Fsp3) is 0.333. The van der Waals surface area contributed by atoms with Crippen LogP contribution in [0.2, 0.25) is 10.0 Å². The summed E-state index contributed by atoms with van der Waals surface area (Å²) < 4.78 is 0. The average molecular weight is 439 g/mol. The Morgan fingerprint density at radius 3 is 2.25 bits per heavy atom. The molecule has 1 unspecified atom stereocenters. The second-order valence-electron chi connectivity index (χ2n) is 6.14. The summed E-state index contributed by atoms with van der Waals surface area (Å²) in [4.78, 5) is 28.2. The van der Waals surface area contributed by atoms with Crippen molar-refractivity contribution >= 4 is 46.8 Å². The molecule has 0 saturated carbocycles. The van der Waals surface area contributed by atoms with Crippen molar-refractivity contribution in [2.45, 2.75) is 37.8 Å². The lowest BCUT2D eigenvalue weighted by atomic mass is 10.1. The van der Waals surface area contributed by atoms with Crippen molar-refractivity contribution in [2.24, 2.45) is 0 Å². The molecule has 2 aromatic carbocycles. The van der Waals surface area contributed by atoms with Gasteiger partial charge in [0.2, 0.25) is 11.8 Å². The standard InChI is InChI=1S/C21H24Cl2N2O2S/c1-3-19(21(27)24-4-2)25(13-16-17(22)11-8-12-18(16)23)20(26)14-28-15-9-6-5-7-10-15/h5-12,19H,3-4,13-14H2,1-2H3,(H,24,27). The van der Waals surface area contributed by atoms with Crippen LogP contribution in [0.3, 0.4) is 0 Å². The highest BCUT2D eigenvalue weighted by Gasteiger charge is 2.29. The maximum absolute atomic E-state index is 13.1. The van der Waals surface area contributed by atoms with Crippen molar-refractivity contribution in [1.82, 2.24) is 10.2 Å². The van der Waals surface area contributed by atoms with Crippen LogP contribution in [0.15, 0.2) is 53.4 Å². The molecular weight excluding hydrogens is 415 g/mol. The molecule has 0 spiro atoms. The molecule has 28 heavy (non-hydrogen) atoms. The first-order valence-electron chi connectivity index (χ1n) is 9.15. The van der Waals surface area contributed by atoms with E-state index in [1.807, 2.05) is 44.2 Å². The minimum absolute atomic E-state index is 0.136. The molecule has 0 aliphatic rings. The van der Waals surface area contributed by atoms with E-state index >= 15 is 0 Å². The molecule has 0 fully saturated rings. The van der Waals surface area contributed by atoms with Crippen LogP contribution in [0.5, 0.6) is 0 Å². The van der Waals surface area contributed by atoms with E-state index in [0.29, 0.717) is 28.6 Å². The van der Waals surface area contributed by atoms with E-state index in [2.05, 4.69) is 5.32 Å². The van der Waals surface area contributed by atoms with Crippen LogP contribution in [0.1, 0.15) is 25.8 Å². The highest BCUT2D eigenvalue weighted by Crippen LogP contribution is 2.28. The Morgan fingerprint density at radius 2 is 1.68 bits per heavy atom. The van der Waals surface area contributed by atoms with Crippen molar-refractivity contribution in [3.63, 3.8) is 0 Å². The lowest BCUT2D eigenvalue weighted by Crippen LogP contribution is -2.49. The number of nitrogens with one attached hydrogen (secondary N) is 1. The molecule has 4 nitrogen and oxygen atoms in total. The molecular formula is C21H24Cl2N2O2S. The number of nitrogens with zero attached hydrogens (tertiary/aromatic N) is 1. The normalized spacial score (nSPS) is 11.7. The van der Waals surface area contributed by atoms with Gasteiger partial charge in [0.05, 0.1) is 5.75 Å². The third kappa shape index (κ3) is 6.16. The topological polar surface area (TPSA) is 49.4 Å². The highest BCUT2D eigenvalue weighted by molar-refractivity contribution is 8.00.